The van der Waals surface area contributed by atoms with Crippen molar-refractivity contribution in [3.05, 3.63) is 29.6 Å². The van der Waals surface area contributed by atoms with Crippen molar-refractivity contribution in [1.82, 2.24) is 9.55 Å². The molecular weight excluding hydrogens is 270 g/mol. The average molecular weight is 288 g/mol. The highest BCUT2D eigenvalue weighted by Crippen LogP contribution is 2.72. The third kappa shape index (κ3) is 1.55. The summed E-state index contributed by atoms with van der Waals surface area (Å²) in [5.41, 5.74) is 2.99. The first-order chi connectivity index (χ1) is 9.34. The first kappa shape index (κ1) is 13.5. The maximum atomic E-state index is 9.11. The number of aromatic nitrogens is 2. The van der Waals surface area contributed by atoms with Crippen molar-refractivity contribution in [2.75, 3.05) is 0 Å². The fourth-order valence-corrected chi connectivity index (χ4v) is 3.59. The van der Waals surface area contributed by atoms with Crippen molar-refractivity contribution in [2.45, 2.75) is 39.6 Å². The largest absolute Gasteiger partial charge is 0.323 e. The monoisotopic (exact) mass is 287 g/mol. The molecule has 0 bridgehead atoms. The minimum absolute atomic E-state index is 0.198. The van der Waals surface area contributed by atoms with E-state index in [1.54, 1.807) is 6.07 Å². The summed E-state index contributed by atoms with van der Waals surface area (Å²) >= 11 is 6.09. The standard InChI is InChI=1S/C16H18ClN3/c1-15(2)14(16(15,3)4)20-12-7-10(9-18)5-6-11(12)19-13(20)8-17/h5-7,14H,8H2,1-4H3. The number of fused-ring (bicyclic) bond motifs is 1. The Morgan fingerprint density at radius 2 is 1.95 bits per heavy atom. The second-order valence-corrected chi connectivity index (χ2v) is 6.96. The molecule has 0 unspecified atom stereocenters. The Hall–Kier alpha value is -1.53. The maximum Gasteiger partial charge on any atom is 0.125 e. The van der Waals surface area contributed by atoms with Gasteiger partial charge >= 0.3 is 0 Å². The van der Waals surface area contributed by atoms with E-state index in [0.717, 1.165) is 16.9 Å². The zero-order valence-electron chi connectivity index (χ0n) is 12.2. The molecular formula is C16H18ClN3. The van der Waals surface area contributed by atoms with E-state index in [1.165, 1.54) is 0 Å². The SMILES string of the molecule is CC1(C)C(n2c(CCl)nc3ccc(C#N)cc32)C1(C)C. The molecule has 1 aliphatic carbocycles. The van der Waals surface area contributed by atoms with Gasteiger partial charge in [-0.15, -0.1) is 11.6 Å². The van der Waals surface area contributed by atoms with Gasteiger partial charge < -0.3 is 4.57 Å². The van der Waals surface area contributed by atoms with Gasteiger partial charge in [0.25, 0.3) is 0 Å². The summed E-state index contributed by atoms with van der Waals surface area (Å²) in [7, 11) is 0. The Morgan fingerprint density at radius 1 is 1.30 bits per heavy atom. The molecule has 4 heteroatoms. The lowest BCUT2D eigenvalue weighted by Gasteiger charge is -2.10. The van der Waals surface area contributed by atoms with Gasteiger partial charge in [0.2, 0.25) is 0 Å². The Morgan fingerprint density at radius 3 is 2.45 bits per heavy atom. The molecule has 1 heterocycles. The minimum Gasteiger partial charge on any atom is -0.323 e. The smallest absolute Gasteiger partial charge is 0.125 e. The third-order valence-electron chi connectivity index (χ3n) is 5.21. The van der Waals surface area contributed by atoms with Gasteiger partial charge in [0.1, 0.15) is 5.82 Å². The van der Waals surface area contributed by atoms with Crippen LogP contribution in [-0.4, -0.2) is 9.55 Å². The molecule has 3 nitrogen and oxygen atoms in total. The second kappa shape index (κ2) is 3.99. The van der Waals surface area contributed by atoms with Crippen LogP contribution in [0.1, 0.15) is 45.1 Å². The van der Waals surface area contributed by atoms with Gasteiger partial charge in [-0.3, -0.25) is 0 Å². The zero-order valence-corrected chi connectivity index (χ0v) is 13.0. The number of rotatable bonds is 2. The summed E-state index contributed by atoms with van der Waals surface area (Å²) in [5, 5.41) is 9.11. The first-order valence-electron chi connectivity index (χ1n) is 6.81. The Balaban J connectivity index is 2.27. The molecule has 0 aliphatic heterocycles. The Bertz CT molecular complexity index is 720. The quantitative estimate of drug-likeness (QED) is 0.775. The van der Waals surface area contributed by atoms with Gasteiger partial charge in [-0.05, 0) is 29.0 Å². The number of hydrogen-bond acceptors (Lipinski definition) is 2. The lowest BCUT2D eigenvalue weighted by atomic mass is 10.0. The molecule has 0 saturated heterocycles. The predicted molar refractivity (Wildman–Crippen MR) is 80.6 cm³/mol. The van der Waals surface area contributed by atoms with E-state index in [9.17, 15) is 0 Å². The van der Waals surface area contributed by atoms with Crippen LogP contribution in [-0.2, 0) is 5.88 Å². The third-order valence-corrected chi connectivity index (χ3v) is 5.45. The van der Waals surface area contributed by atoms with Crippen molar-refractivity contribution in [3.63, 3.8) is 0 Å². The summed E-state index contributed by atoms with van der Waals surface area (Å²) in [6, 6.07) is 8.20. The van der Waals surface area contributed by atoms with Crippen LogP contribution in [0.4, 0.5) is 0 Å². The van der Waals surface area contributed by atoms with Crippen LogP contribution in [0, 0.1) is 22.2 Å². The van der Waals surface area contributed by atoms with Gasteiger partial charge in [0.15, 0.2) is 0 Å². The number of benzene rings is 1. The Labute approximate surface area is 124 Å². The lowest BCUT2D eigenvalue weighted by molar-refractivity contribution is 0.457. The number of nitrogens with zero attached hydrogens (tertiary/aromatic N) is 3. The molecule has 3 rings (SSSR count). The van der Waals surface area contributed by atoms with Crippen LogP contribution in [0.3, 0.4) is 0 Å². The van der Waals surface area contributed by atoms with Crippen molar-refractivity contribution >= 4 is 22.6 Å². The van der Waals surface area contributed by atoms with E-state index in [1.807, 2.05) is 12.1 Å². The number of nitriles is 1. The second-order valence-electron chi connectivity index (χ2n) is 6.69. The number of halogens is 1. The average Bonchev–Trinajstić information content (AvgIpc) is 2.72. The fourth-order valence-electron chi connectivity index (χ4n) is 3.40. The number of hydrogen-bond donors (Lipinski definition) is 0. The first-order valence-corrected chi connectivity index (χ1v) is 7.35. The topological polar surface area (TPSA) is 41.6 Å². The lowest BCUT2D eigenvalue weighted by Crippen LogP contribution is -2.05. The van der Waals surface area contributed by atoms with Gasteiger partial charge in [-0.25, -0.2) is 4.98 Å². The van der Waals surface area contributed by atoms with Crippen molar-refractivity contribution in [3.8, 4) is 6.07 Å². The van der Waals surface area contributed by atoms with E-state index < -0.39 is 0 Å². The van der Waals surface area contributed by atoms with Crippen LogP contribution in [0.15, 0.2) is 18.2 Å². The number of imidazole rings is 1. The molecule has 20 heavy (non-hydrogen) atoms. The summed E-state index contributed by atoms with van der Waals surface area (Å²) in [4.78, 5) is 4.62. The van der Waals surface area contributed by atoms with Gasteiger partial charge in [-0.2, -0.15) is 5.26 Å². The van der Waals surface area contributed by atoms with Crippen LogP contribution in [0.2, 0.25) is 0 Å². The maximum absolute atomic E-state index is 9.11. The predicted octanol–water partition coefficient (Wildman–Crippen LogP) is 4.25. The molecule has 0 atom stereocenters. The molecule has 104 valence electrons. The summed E-state index contributed by atoms with van der Waals surface area (Å²) < 4.78 is 2.24. The molecule has 1 aromatic carbocycles. The van der Waals surface area contributed by atoms with Crippen LogP contribution < -0.4 is 0 Å². The van der Waals surface area contributed by atoms with Crippen molar-refractivity contribution in [2.24, 2.45) is 10.8 Å². The molecule has 0 spiro atoms. The van der Waals surface area contributed by atoms with E-state index in [-0.39, 0.29) is 10.8 Å². The molecule has 1 saturated carbocycles. The van der Waals surface area contributed by atoms with Crippen molar-refractivity contribution < 1.29 is 0 Å². The highest BCUT2D eigenvalue weighted by molar-refractivity contribution is 6.16. The molecule has 1 aliphatic rings. The zero-order chi connectivity index (χ0) is 14.7. The van der Waals surface area contributed by atoms with E-state index >= 15 is 0 Å². The van der Waals surface area contributed by atoms with Crippen molar-refractivity contribution in [1.29, 1.82) is 5.26 Å². The highest BCUT2D eigenvalue weighted by Gasteiger charge is 2.66. The van der Waals surface area contributed by atoms with Gasteiger partial charge in [0.05, 0.1) is 28.5 Å². The van der Waals surface area contributed by atoms with E-state index in [0.29, 0.717) is 17.5 Å². The molecule has 0 N–H and O–H groups in total. The molecule has 2 aromatic rings. The summed E-state index contributed by atoms with van der Waals surface area (Å²) in [6.07, 6.45) is 0. The summed E-state index contributed by atoms with van der Waals surface area (Å²) in [5.74, 6) is 1.28. The molecule has 1 fully saturated rings. The number of alkyl halides is 1. The summed E-state index contributed by atoms with van der Waals surface area (Å²) in [6.45, 7) is 9.09. The molecule has 0 radical (unpaired) electrons. The Kier molecular flexibility index (Phi) is 2.68. The van der Waals surface area contributed by atoms with Crippen LogP contribution in [0.5, 0.6) is 0 Å². The molecule has 0 amide bonds. The van der Waals surface area contributed by atoms with Gasteiger partial charge in [-0.1, -0.05) is 27.7 Å². The minimum atomic E-state index is 0.198. The molecule has 1 aromatic heterocycles. The van der Waals surface area contributed by atoms with Crippen LogP contribution >= 0.6 is 11.6 Å². The normalized spacial score (nSPS) is 20.0. The van der Waals surface area contributed by atoms with E-state index in [4.69, 9.17) is 16.9 Å². The van der Waals surface area contributed by atoms with Crippen LogP contribution in [0.25, 0.3) is 11.0 Å². The van der Waals surface area contributed by atoms with E-state index in [2.05, 4.69) is 43.3 Å². The van der Waals surface area contributed by atoms with Gasteiger partial charge in [0, 0.05) is 6.04 Å². The highest BCUT2D eigenvalue weighted by atomic mass is 35.5. The fraction of sp³-hybridized carbons (Fsp3) is 0.500.